The van der Waals surface area contributed by atoms with Crippen LogP contribution in [0.1, 0.15) is 15.9 Å². The summed E-state index contributed by atoms with van der Waals surface area (Å²) >= 11 is 11.9. The van der Waals surface area contributed by atoms with Crippen LogP contribution in [0.5, 0.6) is 0 Å². The van der Waals surface area contributed by atoms with Crippen LogP contribution in [0.15, 0.2) is 54.6 Å². The van der Waals surface area contributed by atoms with Crippen molar-refractivity contribution < 1.29 is 4.79 Å². The van der Waals surface area contributed by atoms with E-state index in [0.717, 1.165) is 32.7 Å². The molecule has 1 heterocycles. The molecule has 0 saturated carbocycles. The molecule has 0 N–H and O–H groups in total. The average molecular weight is 375 g/mol. The van der Waals surface area contributed by atoms with Gasteiger partial charge in [-0.05, 0) is 23.8 Å². The van der Waals surface area contributed by atoms with Crippen LogP contribution in [0.25, 0.3) is 6.08 Å². The molecule has 25 heavy (non-hydrogen) atoms. The molecule has 0 bridgehead atoms. The summed E-state index contributed by atoms with van der Waals surface area (Å²) in [4.78, 5) is 16.8. The molecule has 0 aliphatic carbocycles. The quantitative estimate of drug-likeness (QED) is 0.788. The highest BCUT2D eigenvalue weighted by Gasteiger charge is 2.21. The van der Waals surface area contributed by atoms with Crippen molar-refractivity contribution in [2.75, 3.05) is 32.7 Å². The zero-order valence-electron chi connectivity index (χ0n) is 13.9. The number of carbonyl (C=O) groups is 1. The maximum Gasteiger partial charge on any atom is 0.253 e. The second-order valence-corrected chi connectivity index (χ2v) is 6.85. The highest BCUT2D eigenvalue weighted by molar-refractivity contribution is 6.42. The number of piperazine rings is 1. The van der Waals surface area contributed by atoms with Gasteiger partial charge in [-0.25, -0.2) is 0 Å². The minimum Gasteiger partial charge on any atom is -0.336 e. The minimum absolute atomic E-state index is 0.0121. The molecule has 0 spiro atoms. The van der Waals surface area contributed by atoms with E-state index < -0.39 is 0 Å². The Morgan fingerprint density at radius 1 is 0.960 bits per heavy atom. The molecule has 2 aromatic carbocycles. The van der Waals surface area contributed by atoms with Crippen molar-refractivity contribution in [1.29, 1.82) is 0 Å². The number of halogens is 2. The topological polar surface area (TPSA) is 23.6 Å². The molecule has 0 atom stereocenters. The first kappa shape index (κ1) is 18.0. The SMILES string of the molecule is O=C(c1ccc(Cl)c(Cl)c1)N1CCN(CC=Cc2ccccc2)CC1. The third-order valence-corrected chi connectivity index (χ3v) is 5.04. The van der Waals surface area contributed by atoms with E-state index in [1.54, 1.807) is 18.2 Å². The number of carbonyl (C=O) groups excluding carboxylic acids is 1. The molecule has 0 unspecified atom stereocenters. The van der Waals surface area contributed by atoms with E-state index in [2.05, 4.69) is 29.2 Å². The lowest BCUT2D eigenvalue weighted by Gasteiger charge is -2.34. The summed E-state index contributed by atoms with van der Waals surface area (Å²) < 4.78 is 0. The van der Waals surface area contributed by atoms with Crippen molar-refractivity contribution in [3.63, 3.8) is 0 Å². The van der Waals surface area contributed by atoms with Gasteiger partial charge in [0.25, 0.3) is 5.91 Å². The molecule has 1 saturated heterocycles. The lowest BCUT2D eigenvalue weighted by Crippen LogP contribution is -2.48. The molecular formula is C20H20Cl2N2O. The maximum atomic E-state index is 12.6. The van der Waals surface area contributed by atoms with Gasteiger partial charge in [0.15, 0.2) is 0 Å². The third-order valence-electron chi connectivity index (χ3n) is 4.30. The monoisotopic (exact) mass is 374 g/mol. The van der Waals surface area contributed by atoms with Gasteiger partial charge in [-0.1, -0.05) is 65.7 Å². The summed E-state index contributed by atoms with van der Waals surface area (Å²) in [6.45, 7) is 4.07. The zero-order chi connectivity index (χ0) is 17.6. The fourth-order valence-electron chi connectivity index (χ4n) is 2.85. The maximum absolute atomic E-state index is 12.6. The lowest BCUT2D eigenvalue weighted by molar-refractivity contribution is 0.0650. The Morgan fingerprint density at radius 2 is 1.68 bits per heavy atom. The Balaban J connectivity index is 1.50. The summed E-state index contributed by atoms with van der Waals surface area (Å²) in [5, 5.41) is 0.880. The first-order chi connectivity index (χ1) is 12.1. The number of nitrogens with zero attached hydrogens (tertiary/aromatic N) is 2. The van der Waals surface area contributed by atoms with E-state index in [1.807, 2.05) is 23.1 Å². The molecule has 130 valence electrons. The number of hydrogen-bond acceptors (Lipinski definition) is 2. The Morgan fingerprint density at radius 3 is 2.36 bits per heavy atom. The molecule has 1 aliphatic heterocycles. The van der Waals surface area contributed by atoms with E-state index >= 15 is 0 Å². The summed E-state index contributed by atoms with van der Waals surface area (Å²) in [5.74, 6) is 0.0121. The molecule has 1 aliphatic rings. The molecule has 0 radical (unpaired) electrons. The normalized spacial score (nSPS) is 15.7. The summed E-state index contributed by atoms with van der Waals surface area (Å²) in [5.41, 5.74) is 1.79. The van der Waals surface area contributed by atoms with Crippen LogP contribution >= 0.6 is 23.2 Å². The Kier molecular flexibility index (Phi) is 6.14. The summed E-state index contributed by atoms with van der Waals surface area (Å²) in [7, 11) is 0. The van der Waals surface area contributed by atoms with Gasteiger partial charge in [0, 0.05) is 38.3 Å². The average Bonchev–Trinajstić information content (AvgIpc) is 2.65. The van der Waals surface area contributed by atoms with Gasteiger partial charge in [0.05, 0.1) is 10.0 Å². The fraction of sp³-hybridized carbons (Fsp3) is 0.250. The van der Waals surface area contributed by atoms with Crippen LogP contribution in [-0.4, -0.2) is 48.4 Å². The second kappa shape index (κ2) is 8.52. The highest BCUT2D eigenvalue weighted by atomic mass is 35.5. The number of benzene rings is 2. The van der Waals surface area contributed by atoms with Crippen LogP contribution in [0.4, 0.5) is 0 Å². The van der Waals surface area contributed by atoms with Crippen molar-refractivity contribution in [2.45, 2.75) is 0 Å². The van der Waals surface area contributed by atoms with E-state index in [4.69, 9.17) is 23.2 Å². The molecule has 1 amide bonds. The van der Waals surface area contributed by atoms with Gasteiger partial charge in [0.2, 0.25) is 0 Å². The lowest BCUT2D eigenvalue weighted by atomic mass is 10.1. The molecule has 2 aromatic rings. The predicted molar refractivity (Wildman–Crippen MR) is 104 cm³/mol. The Hall–Kier alpha value is -1.81. The number of amides is 1. The van der Waals surface area contributed by atoms with Gasteiger partial charge in [-0.3, -0.25) is 9.69 Å². The van der Waals surface area contributed by atoms with Crippen molar-refractivity contribution >= 4 is 35.2 Å². The molecule has 3 nitrogen and oxygen atoms in total. The smallest absolute Gasteiger partial charge is 0.253 e. The van der Waals surface area contributed by atoms with Crippen molar-refractivity contribution in [3.05, 3.63) is 75.8 Å². The van der Waals surface area contributed by atoms with E-state index in [9.17, 15) is 4.79 Å². The van der Waals surface area contributed by atoms with Crippen LogP contribution in [0.2, 0.25) is 10.0 Å². The number of hydrogen-bond donors (Lipinski definition) is 0. The van der Waals surface area contributed by atoms with Gasteiger partial charge >= 0.3 is 0 Å². The molecule has 0 aromatic heterocycles. The third kappa shape index (κ3) is 4.85. The predicted octanol–water partition coefficient (Wildman–Crippen LogP) is 4.46. The van der Waals surface area contributed by atoms with E-state index in [0.29, 0.717) is 15.6 Å². The van der Waals surface area contributed by atoms with Crippen molar-refractivity contribution in [1.82, 2.24) is 9.80 Å². The Labute approximate surface area is 158 Å². The standard InChI is InChI=1S/C20H20Cl2N2O/c21-18-9-8-17(15-19(18)22)20(25)24-13-11-23(12-14-24)10-4-7-16-5-2-1-3-6-16/h1-9,15H,10-14H2. The van der Waals surface area contributed by atoms with E-state index in [1.165, 1.54) is 5.56 Å². The van der Waals surface area contributed by atoms with Gasteiger partial charge < -0.3 is 4.90 Å². The van der Waals surface area contributed by atoms with Crippen LogP contribution in [0, 0.1) is 0 Å². The molecular weight excluding hydrogens is 355 g/mol. The number of rotatable bonds is 4. The summed E-state index contributed by atoms with van der Waals surface area (Å²) in [6, 6.07) is 15.3. The molecule has 5 heteroatoms. The van der Waals surface area contributed by atoms with Crippen LogP contribution in [0.3, 0.4) is 0 Å². The molecule has 1 fully saturated rings. The van der Waals surface area contributed by atoms with E-state index in [-0.39, 0.29) is 5.91 Å². The highest BCUT2D eigenvalue weighted by Crippen LogP contribution is 2.23. The Bertz CT molecular complexity index is 754. The van der Waals surface area contributed by atoms with Gasteiger partial charge in [0.1, 0.15) is 0 Å². The molecule has 3 rings (SSSR count). The first-order valence-corrected chi connectivity index (χ1v) is 9.07. The fourth-order valence-corrected chi connectivity index (χ4v) is 3.15. The summed E-state index contributed by atoms with van der Waals surface area (Å²) in [6.07, 6.45) is 4.30. The van der Waals surface area contributed by atoms with Crippen molar-refractivity contribution in [3.8, 4) is 0 Å². The van der Waals surface area contributed by atoms with Crippen LogP contribution < -0.4 is 0 Å². The van der Waals surface area contributed by atoms with Crippen LogP contribution in [-0.2, 0) is 0 Å². The van der Waals surface area contributed by atoms with Crippen molar-refractivity contribution in [2.24, 2.45) is 0 Å². The zero-order valence-corrected chi connectivity index (χ0v) is 15.4. The second-order valence-electron chi connectivity index (χ2n) is 6.03. The van der Waals surface area contributed by atoms with Gasteiger partial charge in [-0.15, -0.1) is 0 Å². The van der Waals surface area contributed by atoms with Gasteiger partial charge in [-0.2, -0.15) is 0 Å². The first-order valence-electron chi connectivity index (χ1n) is 8.32. The largest absolute Gasteiger partial charge is 0.336 e. The minimum atomic E-state index is 0.0121.